The maximum atomic E-state index is 13.4. The van der Waals surface area contributed by atoms with E-state index in [0.717, 1.165) is 6.07 Å². The lowest BCUT2D eigenvalue weighted by Gasteiger charge is -2.27. The van der Waals surface area contributed by atoms with Gasteiger partial charge in [0, 0.05) is 0 Å². The first-order valence-electron chi connectivity index (χ1n) is 5.91. The van der Waals surface area contributed by atoms with Crippen molar-refractivity contribution in [3.8, 4) is 0 Å². The lowest BCUT2D eigenvalue weighted by molar-refractivity contribution is -0.144. The number of nitrogens with one attached hydrogen (secondary N) is 1. The zero-order chi connectivity index (χ0) is 15.6. The topological polar surface area (TPSA) is 83.5 Å². The highest BCUT2D eigenvalue weighted by molar-refractivity contribution is 9.10. The van der Waals surface area contributed by atoms with E-state index >= 15 is 0 Å². The van der Waals surface area contributed by atoms with Crippen molar-refractivity contribution in [3.63, 3.8) is 0 Å². The normalized spacial score (nSPS) is 12.4. The fraction of sp³-hybridized carbons (Fsp3) is 0.417. The summed E-state index contributed by atoms with van der Waals surface area (Å²) < 4.78 is 40.1. The highest BCUT2D eigenvalue weighted by atomic mass is 79.9. The van der Waals surface area contributed by atoms with Crippen molar-refractivity contribution >= 4 is 31.9 Å². The molecule has 2 N–H and O–H groups in total. The molecule has 0 aromatic heterocycles. The minimum atomic E-state index is -4.12. The van der Waals surface area contributed by atoms with Gasteiger partial charge in [-0.15, -0.1) is 0 Å². The van der Waals surface area contributed by atoms with Gasteiger partial charge in [0.25, 0.3) is 0 Å². The van der Waals surface area contributed by atoms with Gasteiger partial charge in [0.05, 0.1) is 9.37 Å². The summed E-state index contributed by atoms with van der Waals surface area (Å²) in [5.74, 6) is -1.99. The molecule has 1 aromatic rings. The lowest BCUT2D eigenvalue weighted by atomic mass is 9.95. The molecule has 0 radical (unpaired) electrons. The summed E-state index contributed by atoms with van der Waals surface area (Å²) in [7, 11) is -4.12. The number of rotatable bonds is 6. The van der Waals surface area contributed by atoms with Crippen molar-refractivity contribution in [2.75, 3.05) is 0 Å². The van der Waals surface area contributed by atoms with Gasteiger partial charge < -0.3 is 5.11 Å². The van der Waals surface area contributed by atoms with Crippen LogP contribution < -0.4 is 4.72 Å². The van der Waals surface area contributed by atoms with Gasteiger partial charge in [0.15, 0.2) is 0 Å². The van der Waals surface area contributed by atoms with Crippen LogP contribution in [0.3, 0.4) is 0 Å². The summed E-state index contributed by atoms with van der Waals surface area (Å²) in [6.07, 6.45) is 0.161. The number of carbonyl (C=O) groups is 1. The molecule has 0 bridgehead atoms. The predicted octanol–water partition coefficient (Wildman–Crippen LogP) is 2.51. The summed E-state index contributed by atoms with van der Waals surface area (Å²) in [6, 6.07) is 3.29. The second-order valence-corrected chi connectivity index (χ2v) is 6.81. The van der Waals surface area contributed by atoms with Gasteiger partial charge in [-0.1, -0.05) is 13.8 Å². The van der Waals surface area contributed by atoms with E-state index in [1.807, 2.05) is 0 Å². The second kappa shape index (κ2) is 6.19. The standard InChI is InChI=1S/C12H15BrFNO4S/c1-3-12(4-2,11(16)17)15-20(18,19)8-5-6-9(13)10(14)7-8/h5-7,15H,3-4H2,1-2H3,(H,16,17). The van der Waals surface area contributed by atoms with E-state index in [1.54, 1.807) is 13.8 Å². The largest absolute Gasteiger partial charge is 0.480 e. The Bertz CT molecular complexity index is 614. The summed E-state index contributed by atoms with van der Waals surface area (Å²) in [5.41, 5.74) is -1.59. The first kappa shape index (κ1) is 17.1. The van der Waals surface area contributed by atoms with Crippen LogP contribution in [0.1, 0.15) is 26.7 Å². The van der Waals surface area contributed by atoms with E-state index in [0.29, 0.717) is 0 Å². The van der Waals surface area contributed by atoms with Crippen LogP contribution in [0.15, 0.2) is 27.6 Å². The van der Waals surface area contributed by atoms with Gasteiger partial charge in [0.2, 0.25) is 10.0 Å². The zero-order valence-electron chi connectivity index (χ0n) is 11.0. The molecule has 112 valence electrons. The number of sulfonamides is 1. The molecule has 1 rings (SSSR count). The average Bonchev–Trinajstić information content (AvgIpc) is 2.38. The monoisotopic (exact) mass is 367 g/mol. The minimum absolute atomic E-state index is 0.0804. The number of hydrogen-bond donors (Lipinski definition) is 2. The van der Waals surface area contributed by atoms with Gasteiger partial charge in [0.1, 0.15) is 11.4 Å². The molecule has 0 heterocycles. The summed E-state index contributed by atoms with van der Waals surface area (Å²) in [4.78, 5) is 11.0. The number of carboxylic acids is 1. The fourth-order valence-corrected chi connectivity index (χ4v) is 3.46. The van der Waals surface area contributed by atoms with Gasteiger partial charge in [-0.25, -0.2) is 12.8 Å². The Morgan fingerprint density at radius 1 is 1.40 bits per heavy atom. The third-order valence-corrected chi connectivity index (χ3v) is 5.32. The van der Waals surface area contributed by atoms with Gasteiger partial charge in [-0.05, 0) is 47.0 Å². The summed E-state index contributed by atoms with van der Waals surface area (Å²) in [5, 5.41) is 9.22. The number of carboxylic acid groups (broad SMARTS) is 1. The summed E-state index contributed by atoms with van der Waals surface area (Å²) >= 11 is 2.92. The molecule has 5 nitrogen and oxygen atoms in total. The fourth-order valence-electron chi connectivity index (χ4n) is 1.70. The Hall–Kier alpha value is -0.990. The molecule has 0 fully saturated rings. The molecule has 20 heavy (non-hydrogen) atoms. The minimum Gasteiger partial charge on any atom is -0.480 e. The highest BCUT2D eigenvalue weighted by Crippen LogP contribution is 2.23. The average molecular weight is 368 g/mol. The number of hydrogen-bond acceptors (Lipinski definition) is 3. The maximum Gasteiger partial charge on any atom is 0.324 e. The van der Waals surface area contributed by atoms with Crippen molar-refractivity contribution in [3.05, 3.63) is 28.5 Å². The molecule has 0 aliphatic rings. The van der Waals surface area contributed by atoms with E-state index in [9.17, 15) is 22.7 Å². The molecule has 1 aromatic carbocycles. The van der Waals surface area contributed by atoms with Crippen LogP contribution in [0.5, 0.6) is 0 Å². The van der Waals surface area contributed by atoms with E-state index < -0.39 is 27.3 Å². The van der Waals surface area contributed by atoms with Crippen LogP contribution in [0.2, 0.25) is 0 Å². The van der Waals surface area contributed by atoms with E-state index in [1.165, 1.54) is 12.1 Å². The second-order valence-electron chi connectivity index (χ2n) is 4.28. The first-order chi connectivity index (χ1) is 9.18. The molecule has 0 aliphatic heterocycles. The van der Waals surface area contributed by atoms with Crippen LogP contribution in [0.25, 0.3) is 0 Å². The van der Waals surface area contributed by atoms with Crippen molar-refractivity contribution in [2.45, 2.75) is 37.1 Å². The lowest BCUT2D eigenvalue weighted by Crippen LogP contribution is -2.53. The SMILES string of the molecule is CCC(CC)(NS(=O)(=O)c1ccc(Br)c(F)c1)C(=O)O. The molecule has 8 heteroatoms. The van der Waals surface area contributed by atoms with Crippen molar-refractivity contribution in [1.82, 2.24) is 4.72 Å². The van der Waals surface area contributed by atoms with E-state index in [-0.39, 0.29) is 22.2 Å². The summed E-state index contributed by atoms with van der Waals surface area (Å²) in [6.45, 7) is 3.14. The first-order valence-corrected chi connectivity index (χ1v) is 8.18. The number of aliphatic carboxylic acids is 1. The number of benzene rings is 1. The van der Waals surface area contributed by atoms with E-state index in [2.05, 4.69) is 20.7 Å². The Balaban J connectivity index is 3.23. The van der Waals surface area contributed by atoms with Gasteiger partial charge >= 0.3 is 5.97 Å². The van der Waals surface area contributed by atoms with Gasteiger partial charge in [-0.3, -0.25) is 4.79 Å². The van der Waals surface area contributed by atoms with Crippen molar-refractivity contribution in [1.29, 1.82) is 0 Å². The van der Waals surface area contributed by atoms with Crippen LogP contribution in [0, 0.1) is 5.82 Å². The third kappa shape index (κ3) is 3.36. The molecule has 0 unspecified atom stereocenters. The van der Waals surface area contributed by atoms with Crippen LogP contribution in [-0.4, -0.2) is 25.0 Å². The smallest absolute Gasteiger partial charge is 0.324 e. The highest BCUT2D eigenvalue weighted by Gasteiger charge is 2.39. The molecule has 0 aliphatic carbocycles. The van der Waals surface area contributed by atoms with Gasteiger partial charge in [-0.2, -0.15) is 4.72 Å². The van der Waals surface area contributed by atoms with Crippen LogP contribution in [-0.2, 0) is 14.8 Å². The Morgan fingerprint density at radius 3 is 2.35 bits per heavy atom. The Kier molecular flexibility index (Phi) is 5.28. The maximum absolute atomic E-state index is 13.4. The molecule has 0 atom stereocenters. The molecule has 0 saturated heterocycles. The third-order valence-electron chi connectivity index (χ3n) is 3.15. The molecule has 0 saturated carbocycles. The molecule has 0 spiro atoms. The van der Waals surface area contributed by atoms with Crippen molar-refractivity contribution in [2.24, 2.45) is 0 Å². The number of halogens is 2. The quantitative estimate of drug-likeness (QED) is 0.808. The van der Waals surface area contributed by atoms with Crippen molar-refractivity contribution < 1.29 is 22.7 Å². The Labute approximate surface area is 125 Å². The molecule has 0 amide bonds. The van der Waals surface area contributed by atoms with E-state index in [4.69, 9.17) is 0 Å². The predicted molar refractivity (Wildman–Crippen MR) is 75.4 cm³/mol. The molecular weight excluding hydrogens is 353 g/mol. The molecular formula is C12H15BrFNO4S. The Morgan fingerprint density at radius 2 is 1.95 bits per heavy atom. The van der Waals surface area contributed by atoms with Crippen LogP contribution in [0.4, 0.5) is 4.39 Å². The van der Waals surface area contributed by atoms with Crippen LogP contribution >= 0.6 is 15.9 Å². The zero-order valence-corrected chi connectivity index (χ0v) is 13.4.